The molecule has 0 fully saturated rings. The van der Waals surface area contributed by atoms with Crippen LogP contribution in [-0.4, -0.2) is 37.2 Å². The van der Waals surface area contributed by atoms with Crippen molar-refractivity contribution in [2.75, 3.05) is 17.2 Å². The van der Waals surface area contributed by atoms with Crippen molar-refractivity contribution < 1.29 is 4.79 Å². The van der Waals surface area contributed by atoms with Gasteiger partial charge in [0.1, 0.15) is 11.6 Å². The van der Waals surface area contributed by atoms with Crippen LogP contribution in [0.2, 0.25) is 0 Å². The molecule has 0 bridgehead atoms. The molecule has 0 saturated carbocycles. The fraction of sp³-hybridized carbons (Fsp3) is 0.280. The molecule has 4 aromatic rings. The molecule has 0 aliphatic rings. The number of nitrogens with one attached hydrogen (secondary N) is 2. The zero-order valence-corrected chi connectivity index (χ0v) is 19.7. The maximum atomic E-state index is 12.7. The van der Waals surface area contributed by atoms with Crippen molar-refractivity contribution in [1.82, 2.24) is 24.7 Å². The number of aryl methyl sites for hydroxylation is 4. The fourth-order valence-corrected chi connectivity index (χ4v) is 3.83. The zero-order chi connectivity index (χ0) is 24.2. The van der Waals surface area contributed by atoms with Crippen molar-refractivity contribution in [1.29, 1.82) is 5.26 Å². The van der Waals surface area contributed by atoms with Crippen LogP contribution in [0.5, 0.6) is 0 Å². The van der Waals surface area contributed by atoms with Gasteiger partial charge in [0.25, 0.3) is 0 Å². The molecule has 0 unspecified atom stereocenters. The Morgan fingerprint density at radius 3 is 2.56 bits per heavy atom. The molecule has 172 valence electrons. The van der Waals surface area contributed by atoms with Crippen LogP contribution in [0.1, 0.15) is 40.9 Å². The van der Waals surface area contributed by atoms with Gasteiger partial charge < -0.3 is 10.6 Å². The van der Waals surface area contributed by atoms with Crippen molar-refractivity contribution >= 4 is 28.6 Å². The number of nitrogens with zero attached hydrogens (tertiary/aromatic N) is 6. The number of para-hydroxylation sites is 1. The average Bonchev–Trinajstić information content (AvgIpc) is 3.19. The van der Waals surface area contributed by atoms with Gasteiger partial charge >= 0.3 is 0 Å². The van der Waals surface area contributed by atoms with E-state index in [9.17, 15) is 10.1 Å². The minimum absolute atomic E-state index is 0.213. The first-order chi connectivity index (χ1) is 16.4. The summed E-state index contributed by atoms with van der Waals surface area (Å²) in [6.45, 7) is 8.38. The Morgan fingerprint density at radius 1 is 1.06 bits per heavy atom. The highest BCUT2D eigenvalue weighted by molar-refractivity contribution is 5.91. The number of carbonyl (C=O) groups excluding carboxylic acids is 1. The molecule has 2 N–H and O–H groups in total. The lowest BCUT2D eigenvalue weighted by molar-refractivity contribution is -0.116. The number of aromatic nitrogens is 5. The van der Waals surface area contributed by atoms with Crippen LogP contribution >= 0.6 is 0 Å². The van der Waals surface area contributed by atoms with Gasteiger partial charge in [-0.3, -0.25) is 4.79 Å². The van der Waals surface area contributed by atoms with Crippen molar-refractivity contribution in [3.05, 3.63) is 64.6 Å². The maximum Gasteiger partial charge on any atom is 0.225 e. The number of fused-ring (bicyclic) bond motifs is 1. The summed E-state index contributed by atoms with van der Waals surface area (Å²) < 4.78 is 1.51. The number of pyridine rings is 1. The Kier molecular flexibility index (Phi) is 6.50. The minimum Gasteiger partial charge on any atom is -0.354 e. The molecular weight excluding hydrogens is 428 g/mol. The summed E-state index contributed by atoms with van der Waals surface area (Å²) in [5.74, 6) is 1.20. The summed E-state index contributed by atoms with van der Waals surface area (Å²) in [5, 5.41) is 20.9. The van der Waals surface area contributed by atoms with Gasteiger partial charge in [0.2, 0.25) is 11.9 Å². The van der Waals surface area contributed by atoms with Gasteiger partial charge in [-0.15, -0.1) is 0 Å². The number of amides is 1. The number of anilines is 2. The standard InChI is InChI=1S/C25H26N8O/c1-15-7-5-8-20-16(2)11-21(31-23(15)20)33-24(19(13-26)14-28-33)32-22(34)9-6-10-27-25-29-17(3)12-18(4)30-25/h5,7-8,11-12,14H,6,9-10H2,1-4H3,(H,32,34)(H,27,29,30). The van der Waals surface area contributed by atoms with E-state index in [2.05, 4.69) is 31.8 Å². The number of carbonyl (C=O) groups is 1. The highest BCUT2D eigenvalue weighted by atomic mass is 16.1. The molecule has 0 aliphatic heterocycles. The van der Waals surface area contributed by atoms with Gasteiger partial charge in [-0.25, -0.2) is 15.0 Å². The summed E-state index contributed by atoms with van der Waals surface area (Å²) in [5.41, 5.74) is 4.99. The van der Waals surface area contributed by atoms with Gasteiger partial charge in [0.15, 0.2) is 11.6 Å². The Balaban J connectivity index is 1.48. The smallest absolute Gasteiger partial charge is 0.225 e. The predicted octanol–water partition coefficient (Wildman–Crippen LogP) is 4.15. The molecule has 4 rings (SSSR count). The first-order valence-corrected chi connectivity index (χ1v) is 11.1. The molecular formula is C25H26N8O. The molecule has 0 atom stereocenters. The van der Waals surface area contributed by atoms with Crippen LogP contribution in [0.3, 0.4) is 0 Å². The Labute approximate surface area is 197 Å². The highest BCUT2D eigenvalue weighted by Gasteiger charge is 2.17. The van der Waals surface area contributed by atoms with Gasteiger partial charge in [0, 0.05) is 29.7 Å². The second kappa shape index (κ2) is 9.67. The number of nitriles is 1. The second-order valence-corrected chi connectivity index (χ2v) is 8.25. The topological polar surface area (TPSA) is 121 Å². The van der Waals surface area contributed by atoms with Crippen LogP contribution in [0.15, 0.2) is 36.5 Å². The summed E-state index contributed by atoms with van der Waals surface area (Å²) in [7, 11) is 0. The van der Waals surface area contributed by atoms with Gasteiger partial charge in [-0.2, -0.15) is 15.0 Å². The van der Waals surface area contributed by atoms with E-state index in [0.717, 1.165) is 33.4 Å². The van der Waals surface area contributed by atoms with E-state index in [1.807, 2.05) is 58.0 Å². The van der Waals surface area contributed by atoms with Gasteiger partial charge in [-0.1, -0.05) is 18.2 Å². The largest absolute Gasteiger partial charge is 0.354 e. The number of hydrogen-bond acceptors (Lipinski definition) is 7. The first kappa shape index (κ1) is 22.9. The van der Waals surface area contributed by atoms with E-state index in [-0.39, 0.29) is 17.9 Å². The van der Waals surface area contributed by atoms with E-state index in [1.165, 1.54) is 10.9 Å². The van der Waals surface area contributed by atoms with Crippen molar-refractivity contribution in [3.8, 4) is 11.9 Å². The lowest BCUT2D eigenvalue weighted by Crippen LogP contribution is -2.17. The van der Waals surface area contributed by atoms with Crippen LogP contribution in [-0.2, 0) is 4.79 Å². The third-order valence-corrected chi connectivity index (χ3v) is 5.45. The molecule has 3 aromatic heterocycles. The number of benzene rings is 1. The normalized spacial score (nSPS) is 10.8. The lowest BCUT2D eigenvalue weighted by atomic mass is 10.1. The fourth-order valence-electron chi connectivity index (χ4n) is 3.83. The van der Waals surface area contributed by atoms with Crippen LogP contribution in [0, 0.1) is 39.0 Å². The van der Waals surface area contributed by atoms with E-state index >= 15 is 0 Å². The molecule has 34 heavy (non-hydrogen) atoms. The number of rotatable bonds is 7. The van der Waals surface area contributed by atoms with Gasteiger partial charge in [-0.05, 0) is 57.4 Å². The van der Waals surface area contributed by atoms with Crippen molar-refractivity contribution in [2.24, 2.45) is 0 Å². The first-order valence-electron chi connectivity index (χ1n) is 11.1. The monoisotopic (exact) mass is 454 g/mol. The predicted molar refractivity (Wildman–Crippen MR) is 131 cm³/mol. The van der Waals surface area contributed by atoms with E-state index in [0.29, 0.717) is 30.5 Å². The quantitative estimate of drug-likeness (QED) is 0.402. The molecule has 0 spiro atoms. The minimum atomic E-state index is -0.213. The third-order valence-electron chi connectivity index (χ3n) is 5.45. The Hall–Kier alpha value is -4.32. The Morgan fingerprint density at radius 2 is 1.82 bits per heavy atom. The Bertz CT molecular complexity index is 1400. The summed E-state index contributed by atoms with van der Waals surface area (Å²) in [4.78, 5) is 26.1. The van der Waals surface area contributed by atoms with Crippen LogP contribution in [0.4, 0.5) is 11.8 Å². The van der Waals surface area contributed by atoms with E-state index < -0.39 is 0 Å². The summed E-state index contributed by atoms with van der Waals surface area (Å²) in [6, 6.07) is 11.9. The molecule has 9 nitrogen and oxygen atoms in total. The van der Waals surface area contributed by atoms with Crippen molar-refractivity contribution in [3.63, 3.8) is 0 Å². The van der Waals surface area contributed by atoms with E-state index in [1.54, 1.807) is 0 Å². The van der Waals surface area contributed by atoms with E-state index in [4.69, 9.17) is 4.98 Å². The van der Waals surface area contributed by atoms with Gasteiger partial charge in [0.05, 0.1) is 11.7 Å². The zero-order valence-electron chi connectivity index (χ0n) is 19.7. The summed E-state index contributed by atoms with van der Waals surface area (Å²) >= 11 is 0. The summed E-state index contributed by atoms with van der Waals surface area (Å²) in [6.07, 6.45) is 2.27. The molecule has 0 saturated heterocycles. The average molecular weight is 455 g/mol. The molecule has 9 heteroatoms. The molecule has 1 amide bonds. The third kappa shape index (κ3) is 4.86. The molecule has 3 heterocycles. The maximum absolute atomic E-state index is 12.7. The molecule has 1 aromatic carbocycles. The van der Waals surface area contributed by atoms with Crippen molar-refractivity contribution in [2.45, 2.75) is 40.5 Å². The molecule has 0 aliphatic carbocycles. The van der Waals surface area contributed by atoms with Crippen LogP contribution < -0.4 is 10.6 Å². The highest BCUT2D eigenvalue weighted by Crippen LogP contribution is 2.25. The second-order valence-electron chi connectivity index (χ2n) is 8.25. The SMILES string of the molecule is Cc1cc(C)nc(NCCCC(=O)Nc2c(C#N)cnn2-c2cc(C)c3cccc(C)c3n2)n1. The molecule has 0 radical (unpaired) electrons. The number of hydrogen-bond donors (Lipinski definition) is 2. The lowest BCUT2D eigenvalue weighted by Gasteiger charge is -2.12. The van der Waals surface area contributed by atoms with Crippen LogP contribution in [0.25, 0.3) is 16.7 Å².